The molecule has 2 aliphatic carbocycles. The van der Waals surface area contributed by atoms with Crippen LogP contribution in [-0.4, -0.2) is 29.5 Å². The van der Waals surface area contributed by atoms with Crippen molar-refractivity contribution in [2.45, 2.75) is 62.5 Å². The van der Waals surface area contributed by atoms with Crippen molar-refractivity contribution in [3.63, 3.8) is 0 Å². The summed E-state index contributed by atoms with van der Waals surface area (Å²) in [5.74, 6) is 0. The van der Waals surface area contributed by atoms with E-state index in [1.807, 2.05) is 0 Å². The van der Waals surface area contributed by atoms with Crippen LogP contribution < -0.4 is 5.73 Å². The SMILES string of the molecule is NC1(COCC2(O)CCCC2)CCCC1. The van der Waals surface area contributed by atoms with Gasteiger partial charge in [0.2, 0.25) is 0 Å². The second kappa shape index (κ2) is 4.40. The van der Waals surface area contributed by atoms with E-state index in [4.69, 9.17) is 10.5 Å². The maximum absolute atomic E-state index is 10.1. The van der Waals surface area contributed by atoms with Gasteiger partial charge in [0.05, 0.1) is 18.8 Å². The fourth-order valence-corrected chi connectivity index (χ4v) is 2.85. The molecule has 0 aromatic carbocycles. The van der Waals surface area contributed by atoms with Gasteiger partial charge in [-0.05, 0) is 25.7 Å². The number of aliphatic hydroxyl groups is 1. The summed E-state index contributed by atoms with van der Waals surface area (Å²) in [7, 11) is 0. The molecule has 2 rings (SSSR count). The molecule has 0 spiro atoms. The normalized spacial score (nSPS) is 28.4. The third-order valence-corrected chi connectivity index (χ3v) is 3.89. The van der Waals surface area contributed by atoms with Crippen molar-refractivity contribution in [3.8, 4) is 0 Å². The van der Waals surface area contributed by atoms with Crippen molar-refractivity contribution in [3.05, 3.63) is 0 Å². The molecule has 0 bridgehead atoms. The van der Waals surface area contributed by atoms with Crippen molar-refractivity contribution in [2.24, 2.45) is 5.73 Å². The highest BCUT2D eigenvalue weighted by molar-refractivity contribution is 4.90. The third kappa shape index (κ3) is 2.92. The van der Waals surface area contributed by atoms with Crippen molar-refractivity contribution in [1.29, 1.82) is 0 Å². The van der Waals surface area contributed by atoms with Crippen LogP contribution in [-0.2, 0) is 4.74 Å². The Labute approximate surface area is 92.0 Å². The maximum atomic E-state index is 10.1. The zero-order valence-electron chi connectivity index (χ0n) is 9.50. The predicted molar refractivity (Wildman–Crippen MR) is 59.6 cm³/mol. The summed E-state index contributed by atoms with van der Waals surface area (Å²) in [6.07, 6.45) is 8.65. The largest absolute Gasteiger partial charge is 0.387 e. The molecule has 0 atom stereocenters. The van der Waals surface area contributed by atoms with Crippen LogP contribution in [0.5, 0.6) is 0 Å². The fourth-order valence-electron chi connectivity index (χ4n) is 2.85. The molecule has 0 saturated heterocycles. The first kappa shape index (κ1) is 11.4. The van der Waals surface area contributed by atoms with Crippen LogP contribution in [0.2, 0.25) is 0 Å². The number of hydrogen-bond acceptors (Lipinski definition) is 3. The van der Waals surface area contributed by atoms with E-state index in [0.29, 0.717) is 13.2 Å². The average Bonchev–Trinajstić information content (AvgIpc) is 2.76. The van der Waals surface area contributed by atoms with Gasteiger partial charge in [-0.1, -0.05) is 25.7 Å². The average molecular weight is 213 g/mol. The first-order chi connectivity index (χ1) is 7.12. The van der Waals surface area contributed by atoms with Gasteiger partial charge >= 0.3 is 0 Å². The molecule has 88 valence electrons. The van der Waals surface area contributed by atoms with Gasteiger partial charge in [0, 0.05) is 5.54 Å². The summed E-state index contributed by atoms with van der Waals surface area (Å²) in [4.78, 5) is 0. The number of hydrogen-bond donors (Lipinski definition) is 2. The summed E-state index contributed by atoms with van der Waals surface area (Å²) in [6.45, 7) is 1.10. The molecule has 0 amide bonds. The van der Waals surface area contributed by atoms with Crippen LogP contribution in [0.1, 0.15) is 51.4 Å². The minimum Gasteiger partial charge on any atom is -0.387 e. The van der Waals surface area contributed by atoms with Gasteiger partial charge in [-0.3, -0.25) is 0 Å². The molecular formula is C12H23NO2. The van der Waals surface area contributed by atoms with E-state index < -0.39 is 5.60 Å². The fraction of sp³-hybridized carbons (Fsp3) is 1.00. The molecule has 2 saturated carbocycles. The van der Waals surface area contributed by atoms with Gasteiger partial charge in [-0.15, -0.1) is 0 Å². The molecule has 0 aromatic heterocycles. The van der Waals surface area contributed by atoms with Crippen LogP contribution in [0, 0.1) is 0 Å². The first-order valence-electron chi connectivity index (χ1n) is 6.21. The molecule has 2 fully saturated rings. The van der Waals surface area contributed by atoms with Gasteiger partial charge in [-0.2, -0.15) is 0 Å². The van der Waals surface area contributed by atoms with E-state index in [1.54, 1.807) is 0 Å². The molecule has 0 aromatic rings. The van der Waals surface area contributed by atoms with Crippen molar-refractivity contribution >= 4 is 0 Å². The highest BCUT2D eigenvalue weighted by Gasteiger charge is 2.34. The number of rotatable bonds is 4. The van der Waals surface area contributed by atoms with Crippen molar-refractivity contribution in [2.75, 3.05) is 13.2 Å². The number of ether oxygens (including phenoxy) is 1. The molecule has 3 N–H and O–H groups in total. The monoisotopic (exact) mass is 213 g/mol. The standard InChI is InChI=1S/C12H23NO2/c13-11(5-1-2-6-11)9-15-10-12(14)7-3-4-8-12/h14H,1-10,13H2. The van der Waals surface area contributed by atoms with Gasteiger partial charge in [0.15, 0.2) is 0 Å². The lowest BCUT2D eigenvalue weighted by molar-refractivity contribution is -0.0519. The Kier molecular flexibility index (Phi) is 3.33. The lowest BCUT2D eigenvalue weighted by Gasteiger charge is -2.27. The molecule has 0 unspecified atom stereocenters. The Morgan fingerprint density at radius 1 is 0.933 bits per heavy atom. The molecule has 0 aliphatic heterocycles. The topological polar surface area (TPSA) is 55.5 Å². The Hall–Kier alpha value is -0.120. The Balaban J connectivity index is 1.69. The summed E-state index contributed by atoms with van der Waals surface area (Å²) in [6, 6.07) is 0. The Morgan fingerprint density at radius 2 is 1.47 bits per heavy atom. The smallest absolute Gasteiger partial charge is 0.0880 e. The molecule has 3 nitrogen and oxygen atoms in total. The van der Waals surface area contributed by atoms with E-state index in [-0.39, 0.29) is 5.54 Å². The second-order valence-corrected chi connectivity index (χ2v) is 5.49. The van der Waals surface area contributed by atoms with E-state index in [2.05, 4.69) is 0 Å². The lowest BCUT2D eigenvalue weighted by Crippen LogP contribution is -2.43. The van der Waals surface area contributed by atoms with E-state index >= 15 is 0 Å². The second-order valence-electron chi connectivity index (χ2n) is 5.49. The van der Waals surface area contributed by atoms with E-state index in [1.165, 1.54) is 12.8 Å². The van der Waals surface area contributed by atoms with Crippen molar-refractivity contribution in [1.82, 2.24) is 0 Å². The summed E-state index contributed by atoms with van der Waals surface area (Å²) < 4.78 is 5.63. The van der Waals surface area contributed by atoms with Crippen LogP contribution in [0.3, 0.4) is 0 Å². The lowest BCUT2D eigenvalue weighted by atomic mass is 10.0. The summed E-state index contributed by atoms with van der Waals surface area (Å²) in [5.41, 5.74) is 5.53. The molecule has 15 heavy (non-hydrogen) atoms. The summed E-state index contributed by atoms with van der Waals surface area (Å²) in [5, 5.41) is 10.1. The first-order valence-corrected chi connectivity index (χ1v) is 6.21. The van der Waals surface area contributed by atoms with Gasteiger partial charge < -0.3 is 15.6 Å². The molecule has 3 heteroatoms. The molecule has 2 aliphatic rings. The quantitative estimate of drug-likeness (QED) is 0.745. The Morgan fingerprint density at radius 3 is 2.07 bits per heavy atom. The van der Waals surface area contributed by atoms with Gasteiger partial charge in [-0.25, -0.2) is 0 Å². The summed E-state index contributed by atoms with van der Waals surface area (Å²) >= 11 is 0. The van der Waals surface area contributed by atoms with Crippen LogP contribution >= 0.6 is 0 Å². The predicted octanol–water partition coefficient (Wildman–Crippen LogP) is 1.58. The van der Waals surface area contributed by atoms with Crippen LogP contribution in [0.15, 0.2) is 0 Å². The maximum Gasteiger partial charge on any atom is 0.0880 e. The zero-order valence-corrected chi connectivity index (χ0v) is 9.50. The van der Waals surface area contributed by atoms with Gasteiger partial charge in [0.25, 0.3) is 0 Å². The number of nitrogens with two attached hydrogens (primary N) is 1. The molecular weight excluding hydrogens is 190 g/mol. The highest BCUT2D eigenvalue weighted by Crippen LogP contribution is 2.31. The minimum atomic E-state index is -0.547. The molecule has 0 radical (unpaired) electrons. The van der Waals surface area contributed by atoms with E-state index in [0.717, 1.165) is 38.5 Å². The van der Waals surface area contributed by atoms with E-state index in [9.17, 15) is 5.11 Å². The Bertz CT molecular complexity index is 184. The van der Waals surface area contributed by atoms with Crippen LogP contribution in [0.25, 0.3) is 0 Å². The zero-order chi connectivity index (χ0) is 10.8. The van der Waals surface area contributed by atoms with Crippen LogP contribution in [0.4, 0.5) is 0 Å². The highest BCUT2D eigenvalue weighted by atomic mass is 16.5. The minimum absolute atomic E-state index is 0.102. The molecule has 0 heterocycles. The van der Waals surface area contributed by atoms with Gasteiger partial charge in [0.1, 0.15) is 0 Å². The van der Waals surface area contributed by atoms with Crippen molar-refractivity contribution < 1.29 is 9.84 Å². The third-order valence-electron chi connectivity index (χ3n) is 3.89.